The molecule has 2 rings (SSSR count). The molecule has 0 bridgehead atoms. The van der Waals surface area contributed by atoms with Crippen molar-refractivity contribution in [3.05, 3.63) is 27.5 Å². The molecule has 0 saturated heterocycles. The smallest absolute Gasteiger partial charge is 0.192 e. The van der Waals surface area contributed by atoms with Crippen molar-refractivity contribution in [2.24, 2.45) is 0 Å². The van der Waals surface area contributed by atoms with Crippen LogP contribution in [0.1, 0.15) is 5.89 Å². The lowest BCUT2D eigenvalue weighted by molar-refractivity contribution is 0.561. The van der Waals surface area contributed by atoms with Gasteiger partial charge in [0.25, 0.3) is 0 Å². The molecule has 0 amide bonds. The predicted molar refractivity (Wildman–Crippen MR) is 51.5 cm³/mol. The Morgan fingerprint density at radius 3 is 3.00 bits per heavy atom. The average molecular weight is 246 g/mol. The lowest BCUT2D eigenvalue weighted by Crippen LogP contribution is -1.70. The van der Waals surface area contributed by atoms with Crippen molar-refractivity contribution in [1.82, 2.24) is 4.98 Å². The molecule has 1 aromatic carbocycles. The van der Waals surface area contributed by atoms with Crippen LogP contribution in [0.15, 0.2) is 21.0 Å². The maximum absolute atomic E-state index is 5.91. The molecular weight excluding hydrogens is 241 g/mol. The summed E-state index contributed by atoms with van der Waals surface area (Å²) < 4.78 is 6.20. The van der Waals surface area contributed by atoms with E-state index in [9.17, 15) is 0 Å². The van der Waals surface area contributed by atoms with Crippen LogP contribution >= 0.6 is 27.5 Å². The molecule has 0 radical (unpaired) electrons. The molecule has 0 unspecified atom stereocenters. The fourth-order valence-electron chi connectivity index (χ4n) is 1.07. The number of hydrogen-bond acceptors (Lipinski definition) is 2. The predicted octanol–water partition coefficient (Wildman–Crippen LogP) is 3.55. The van der Waals surface area contributed by atoms with Crippen molar-refractivity contribution < 1.29 is 4.42 Å². The Hall–Kier alpha value is -0.540. The van der Waals surface area contributed by atoms with Gasteiger partial charge in [-0.15, -0.1) is 0 Å². The van der Waals surface area contributed by atoms with E-state index >= 15 is 0 Å². The molecule has 0 fully saturated rings. The van der Waals surface area contributed by atoms with Gasteiger partial charge in [0.15, 0.2) is 11.5 Å². The van der Waals surface area contributed by atoms with E-state index in [0.29, 0.717) is 16.5 Å². The Balaban J connectivity index is 2.88. The largest absolute Gasteiger partial charge is 0.439 e. The van der Waals surface area contributed by atoms with Gasteiger partial charge in [-0.25, -0.2) is 4.98 Å². The topological polar surface area (TPSA) is 26.0 Å². The Labute approximate surface area is 82.7 Å². The first-order valence-electron chi connectivity index (χ1n) is 3.39. The van der Waals surface area contributed by atoms with Crippen LogP contribution in [0.25, 0.3) is 11.1 Å². The fourth-order valence-corrected chi connectivity index (χ4v) is 1.90. The molecule has 0 aliphatic rings. The monoisotopic (exact) mass is 245 g/mol. The van der Waals surface area contributed by atoms with Gasteiger partial charge in [0.05, 0.1) is 5.02 Å². The summed E-state index contributed by atoms with van der Waals surface area (Å²) in [7, 11) is 0. The SMILES string of the molecule is Cc1nc2cc(Br)cc(Cl)c2o1. The van der Waals surface area contributed by atoms with Crippen molar-refractivity contribution >= 4 is 38.6 Å². The number of oxazole rings is 1. The van der Waals surface area contributed by atoms with Crippen LogP contribution in [0.4, 0.5) is 0 Å². The second-order valence-electron chi connectivity index (χ2n) is 2.47. The van der Waals surface area contributed by atoms with Crippen molar-refractivity contribution in [3.8, 4) is 0 Å². The molecule has 1 aromatic heterocycles. The zero-order chi connectivity index (χ0) is 8.72. The maximum atomic E-state index is 5.91. The highest BCUT2D eigenvalue weighted by Crippen LogP contribution is 2.28. The minimum Gasteiger partial charge on any atom is -0.439 e. The molecule has 0 atom stereocenters. The third-order valence-corrected chi connectivity index (χ3v) is 2.26. The van der Waals surface area contributed by atoms with Gasteiger partial charge in [0, 0.05) is 11.4 Å². The number of halogens is 2. The van der Waals surface area contributed by atoms with Gasteiger partial charge in [0.1, 0.15) is 5.52 Å². The first-order chi connectivity index (χ1) is 5.66. The second-order valence-corrected chi connectivity index (χ2v) is 3.79. The van der Waals surface area contributed by atoms with Crippen LogP contribution in [-0.4, -0.2) is 4.98 Å². The Bertz CT molecular complexity index is 438. The maximum Gasteiger partial charge on any atom is 0.192 e. The van der Waals surface area contributed by atoms with E-state index in [1.165, 1.54) is 0 Å². The normalized spacial score (nSPS) is 10.9. The molecular formula is C8H5BrClNO. The van der Waals surface area contributed by atoms with Gasteiger partial charge in [-0.1, -0.05) is 27.5 Å². The van der Waals surface area contributed by atoms with Gasteiger partial charge in [0.2, 0.25) is 0 Å². The highest BCUT2D eigenvalue weighted by molar-refractivity contribution is 9.10. The zero-order valence-corrected chi connectivity index (χ0v) is 8.61. The van der Waals surface area contributed by atoms with Crippen molar-refractivity contribution in [2.45, 2.75) is 6.92 Å². The lowest BCUT2D eigenvalue weighted by Gasteiger charge is -1.91. The summed E-state index contributed by atoms with van der Waals surface area (Å²) >= 11 is 9.24. The summed E-state index contributed by atoms with van der Waals surface area (Å²) in [5.74, 6) is 0.630. The minimum atomic E-state index is 0.583. The average Bonchev–Trinajstić information content (AvgIpc) is 2.29. The zero-order valence-electron chi connectivity index (χ0n) is 6.27. The van der Waals surface area contributed by atoms with E-state index < -0.39 is 0 Å². The standard InChI is InChI=1S/C8H5BrClNO/c1-4-11-7-3-5(9)2-6(10)8(7)12-4/h2-3H,1H3. The highest BCUT2D eigenvalue weighted by Gasteiger charge is 2.06. The van der Waals surface area contributed by atoms with Crippen molar-refractivity contribution in [1.29, 1.82) is 0 Å². The summed E-state index contributed by atoms with van der Waals surface area (Å²) in [4.78, 5) is 4.15. The summed E-state index contributed by atoms with van der Waals surface area (Å²) in [5.41, 5.74) is 1.43. The Kier molecular flexibility index (Phi) is 1.85. The van der Waals surface area contributed by atoms with Gasteiger partial charge >= 0.3 is 0 Å². The molecule has 0 saturated carbocycles. The molecule has 0 spiro atoms. The molecule has 2 nitrogen and oxygen atoms in total. The Morgan fingerprint density at radius 1 is 1.50 bits per heavy atom. The molecule has 4 heteroatoms. The number of aryl methyl sites for hydroxylation is 1. The van der Waals surface area contributed by atoms with E-state index in [1.807, 2.05) is 6.07 Å². The van der Waals surface area contributed by atoms with Gasteiger partial charge in [-0.05, 0) is 12.1 Å². The fraction of sp³-hybridized carbons (Fsp3) is 0.125. The summed E-state index contributed by atoms with van der Waals surface area (Å²) in [6, 6.07) is 3.66. The number of nitrogens with zero attached hydrogens (tertiary/aromatic N) is 1. The van der Waals surface area contributed by atoms with Crippen LogP contribution in [-0.2, 0) is 0 Å². The minimum absolute atomic E-state index is 0.583. The van der Waals surface area contributed by atoms with Crippen LogP contribution in [0, 0.1) is 6.92 Å². The first-order valence-corrected chi connectivity index (χ1v) is 4.56. The molecule has 2 aromatic rings. The van der Waals surface area contributed by atoms with E-state index in [-0.39, 0.29) is 0 Å². The number of fused-ring (bicyclic) bond motifs is 1. The molecule has 12 heavy (non-hydrogen) atoms. The molecule has 1 heterocycles. The lowest BCUT2D eigenvalue weighted by atomic mass is 10.3. The van der Waals surface area contributed by atoms with E-state index in [4.69, 9.17) is 16.0 Å². The Morgan fingerprint density at radius 2 is 2.25 bits per heavy atom. The molecule has 0 N–H and O–H groups in total. The second kappa shape index (κ2) is 2.75. The summed E-state index contributed by atoms with van der Waals surface area (Å²) in [6.45, 7) is 1.80. The number of aromatic nitrogens is 1. The van der Waals surface area contributed by atoms with Crippen LogP contribution < -0.4 is 0 Å². The number of rotatable bonds is 0. The van der Waals surface area contributed by atoms with E-state index in [0.717, 1.165) is 9.99 Å². The third kappa shape index (κ3) is 1.23. The molecule has 62 valence electrons. The van der Waals surface area contributed by atoms with Gasteiger partial charge in [-0.2, -0.15) is 0 Å². The first kappa shape index (κ1) is 8.08. The summed E-state index contributed by atoms with van der Waals surface area (Å²) in [6.07, 6.45) is 0. The van der Waals surface area contributed by atoms with E-state index in [2.05, 4.69) is 20.9 Å². The summed E-state index contributed by atoms with van der Waals surface area (Å²) in [5, 5.41) is 0.583. The number of hydrogen-bond donors (Lipinski definition) is 0. The van der Waals surface area contributed by atoms with Crippen molar-refractivity contribution in [2.75, 3.05) is 0 Å². The van der Waals surface area contributed by atoms with E-state index in [1.54, 1.807) is 13.0 Å². The molecule has 0 aliphatic carbocycles. The molecule has 0 aliphatic heterocycles. The van der Waals surface area contributed by atoms with Gasteiger partial charge < -0.3 is 4.42 Å². The van der Waals surface area contributed by atoms with Crippen LogP contribution in [0.2, 0.25) is 5.02 Å². The highest BCUT2D eigenvalue weighted by atomic mass is 79.9. The van der Waals surface area contributed by atoms with Crippen LogP contribution in [0.5, 0.6) is 0 Å². The quantitative estimate of drug-likeness (QED) is 0.710. The third-order valence-electron chi connectivity index (χ3n) is 1.52. The number of benzene rings is 1. The van der Waals surface area contributed by atoms with Crippen LogP contribution in [0.3, 0.4) is 0 Å². The van der Waals surface area contributed by atoms with Crippen molar-refractivity contribution in [3.63, 3.8) is 0 Å². The van der Waals surface area contributed by atoms with Gasteiger partial charge in [-0.3, -0.25) is 0 Å².